The number of carbonyl (C=O) groups is 1. The highest BCUT2D eigenvalue weighted by Crippen LogP contribution is 2.30. The van der Waals surface area contributed by atoms with Gasteiger partial charge in [-0.05, 0) is 28.7 Å². The van der Waals surface area contributed by atoms with Crippen LogP contribution < -0.4 is 4.74 Å². The van der Waals surface area contributed by atoms with E-state index < -0.39 is 27.4 Å². The first kappa shape index (κ1) is 14.1. The molecule has 10 heteroatoms. The molecular weight excluding hydrogens is 363 g/mol. The lowest BCUT2D eigenvalue weighted by Crippen LogP contribution is -2.09. The molecule has 0 aliphatic carbocycles. The summed E-state index contributed by atoms with van der Waals surface area (Å²) in [5, 5.41) is 21.1. The van der Waals surface area contributed by atoms with Gasteiger partial charge in [-0.3, -0.25) is 20.2 Å². The van der Waals surface area contributed by atoms with E-state index in [1.54, 1.807) is 22.6 Å². The van der Waals surface area contributed by atoms with Crippen molar-refractivity contribution in [3.05, 3.63) is 38.4 Å². The molecule has 0 unspecified atom stereocenters. The molecule has 96 valence electrons. The summed E-state index contributed by atoms with van der Waals surface area (Å²) in [6.07, 6.45) is -1.05. The van der Waals surface area contributed by atoms with Crippen LogP contribution in [0.2, 0.25) is 0 Å². The van der Waals surface area contributed by atoms with Crippen LogP contribution in [0, 0.1) is 20.2 Å². The van der Waals surface area contributed by atoms with Crippen molar-refractivity contribution in [2.45, 2.75) is 0 Å². The second-order valence-electron chi connectivity index (χ2n) is 2.77. The molecule has 0 saturated carbocycles. The number of nitro groups is 2. The number of carbonyl (C=O) groups excluding carboxylic acids is 1. The van der Waals surface area contributed by atoms with Gasteiger partial charge in [0.2, 0.25) is 0 Å². The zero-order valence-electron chi connectivity index (χ0n) is 8.57. The molecule has 1 aromatic rings. The van der Waals surface area contributed by atoms with Crippen LogP contribution in [0.5, 0.6) is 5.75 Å². The molecule has 0 fully saturated rings. The third-order valence-electron chi connectivity index (χ3n) is 1.71. The fourth-order valence-electron chi connectivity index (χ4n) is 1.04. The highest BCUT2D eigenvalue weighted by molar-refractivity contribution is 14.1. The minimum atomic E-state index is -1.05. The van der Waals surface area contributed by atoms with E-state index in [9.17, 15) is 25.0 Å². The fourth-order valence-corrected chi connectivity index (χ4v) is 1.29. The Bertz CT molecular complexity index is 504. The Morgan fingerprint density at radius 1 is 1.22 bits per heavy atom. The summed E-state index contributed by atoms with van der Waals surface area (Å²) in [7, 11) is 0. The van der Waals surface area contributed by atoms with Crippen LogP contribution in [-0.4, -0.2) is 20.6 Å². The van der Waals surface area contributed by atoms with Gasteiger partial charge in [0.25, 0.3) is 0 Å². The lowest BCUT2D eigenvalue weighted by molar-refractivity contribution is -0.422. The molecule has 0 aromatic heterocycles. The summed E-state index contributed by atoms with van der Waals surface area (Å²) in [5.74, 6) is -0.206. The summed E-state index contributed by atoms with van der Waals surface area (Å²) in [4.78, 5) is 30.3. The van der Waals surface area contributed by atoms with Crippen molar-refractivity contribution in [3.8, 4) is 5.75 Å². The second kappa shape index (κ2) is 6.09. The first-order valence-corrected chi connectivity index (χ1v) is 5.81. The van der Waals surface area contributed by atoms with Crippen LogP contribution >= 0.6 is 22.6 Å². The molecule has 1 aromatic carbocycles. The van der Waals surface area contributed by atoms with Gasteiger partial charge in [-0.1, -0.05) is 0 Å². The van der Waals surface area contributed by atoms with Gasteiger partial charge in [-0.15, -0.1) is 0 Å². The summed E-state index contributed by atoms with van der Waals surface area (Å²) in [5.41, 5.74) is -1.45. The lowest BCUT2D eigenvalue weighted by atomic mass is 10.2. The maximum Gasteiger partial charge on any atom is 0.514 e. The Labute approximate surface area is 113 Å². The molecular formula is C8H5IN2O7. The van der Waals surface area contributed by atoms with Crippen LogP contribution in [0.3, 0.4) is 0 Å². The van der Waals surface area contributed by atoms with Crippen molar-refractivity contribution in [2.24, 2.45) is 0 Å². The van der Waals surface area contributed by atoms with Crippen molar-refractivity contribution < 1.29 is 24.1 Å². The normalized spacial score (nSPS) is 9.61. The van der Waals surface area contributed by atoms with Gasteiger partial charge in [0.1, 0.15) is 10.4 Å². The van der Waals surface area contributed by atoms with E-state index in [4.69, 9.17) is 0 Å². The smallest absolute Gasteiger partial charge is 0.423 e. The summed E-state index contributed by atoms with van der Waals surface area (Å²) in [6, 6.07) is 2.73. The molecule has 0 radical (unpaired) electrons. The van der Waals surface area contributed by atoms with E-state index in [2.05, 4.69) is 9.47 Å². The van der Waals surface area contributed by atoms with Crippen molar-refractivity contribution >= 4 is 40.1 Å². The number of alkyl halides is 1. The number of rotatable bonds is 4. The third-order valence-corrected chi connectivity index (χ3v) is 2.03. The average Bonchev–Trinajstić information content (AvgIpc) is 2.28. The minimum absolute atomic E-state index is 0.0473. The van der Waals surface area contributed by atoms with Crippen LogP contribution in [0.15, 0.2) is 18.2 Å². The SMILES string of the molecule is O=C(OCI)Oc1ccc([N+](=O)[O-])c([N+](=O)[O-])c1. The minimum Gasteiger partial charge on any atom is -0.423 e. The third kappa shape index (κ3) is 3.51. The predicted octanol–water partition coefficient (Wildman–Crippen LogP) is 2.41. The molecule has 0 spiro atoms. The maximum atomic E-state index is 11.0. The Morgan fingerprint density at radius 2 is 1.83 bits per heavy atom. The topological polar surface area (TPSA) is 122 Å². The van der Waals surface area contributed by atoms with Gasteiger partial charge in [0.05, 0.1) is 15.9 Å². The monoisotopic (exact) mass is 368 g/mol. The zero-order chi connectivity index (χ0) is 13.7. The van der Waals surface area contributed by atoms with Crippen LogP contribution in [0.25, 0.3) is 0 Å². The molecule has 0 heterocycles. The Morgan fingerprint density at radius 3 is 2.33 bits per heavy atom. The number of nitro benzene ring substituents is 2. The zero-order valence-corrected chi connectivity index (χ0v) is 10.7. The molecule has 1 rings (SSSR count). The Kier molecular flexibility index (Phi) is 4.76. The molecule has 0 amide bonds. The summed E-state index contributed by atoms with van der Waals surface area (Å²) < 4.78 is 9.08. The van der Waals surface area contributed by atoms with E-state index in [1.807, 2.05) is 0 Å². The number of benzene rings is 1. The summed E-state index contributed by atoms with van der Waals surface area (Å²) >= 11 is 1.76. The van der Waals surface area contributed by atoms with Crippen molar-refractivity contribution in [1.29, 1.82) is 0 Å². The van der Waals surface area contributed by atoms with E-state index in [1.165, 1.54) is 0 Å². The number of halogens is 1. The number of hydrogen-bond donors (Lipinski definition) is 0. The second-order valence-corrected chi connectivity index (χ2v) is 3.39. The fraction of sp³-hybridized carbons (Fsp3) is 0.125. The molecule has 0 atom stereocenters. The molecule has 0 aliphatic heterocycles. The van der Waals surface area contributed by atoms with Gasteiger partial charge < -0.3 is 9.47 Å². The van der Waals surface area contributed by atoms with Gasteiger partial charge in [-0.2, -0.15) is 0 Å². The maximum absolute atomic E-state index is 11.0. The van der Waals surface area contributed by atoms with Crippen molar-refractivity contribution in [1.82, 2.24) is 0 Å². The molecule has 18 heavy (non-hydrogen) atoms. The van der Waals surface area contributed by atoms with E-state index in [0.717, 1.165) is 18.2 Å². The average molecular weight is 368 g/mol. The lowest BCUT2D eigenvalue weighted by Gasteiger charge is -2.03. The van der Waals surface area contributed by atoms with Crippen molar-refractivity contribution in [3.63, 3.8) is 0 Å². The first-order valence-electron chi connectivity index (χ1n) is 4.29. The standard InChI is InChI=1S/C8H5IN2O7/c9-4-17-8(12)18-5-1-2-6(10(13)14)7(3-5)11(15)16/h1-3H,4H2. The molecule has 0 bridgehead atoms. The highest BCUT2D eigenvalue weighted by Gasteiger charge is 2.25. The molecule has 9 nitrogen and oxygen atoms in total. The largest absolute Gasteiger partial charge is 0.514 e. The van der Waals surface area contributed by atoms with Gasteiger partial charge in [0.15, 0.2) is 0 Å². The molecule has 0 aliphatic rings. The Hall–Kier alpha value is -1.98. The number of ether oxygens (including phenoxy) is 2. The highest BCUT2D eigenvalue weighted by atomic mass is 127. The van der Waals surface area contributed by atoms with Gasteiger partial charge >= 0.3 is 17.5 Å². The van der Waals surface area contributed by atoms with Gasteiger partial charge in [-0.25, -0.2) is 4.79 Å². The number of nitrogens with zero attached hydrogens (tertiary/aromatic N) is 2. The summed E-state index contributed by atoms with van der Waals surface area (Å²) in [6.45, 7) is 0. The predicted molar refractivity (Wildman–Crippen MR) is 65.7 cm³/mol. The molecule has 0 N–H and O–H groups in total. The van der Waals surface area contributed by atoms with Crippen molar-refractivity contribution in [2.75, 3.05) is 4.61 Å². The first-order chi connectivity index (χ1) is 8.45. The number of hydrogen-bond acceptors (Lipinski definition) is 7. The Balaban J connectivity index is 3.04. The molecule has 0 saturated heterocycles. The van der Waals surface area contributed by atoms with Crippen LogP contribution in [-0.2, 0) is 4.74 Å². The quantitative estimate of drug-likeness (QED) is 0.200. The van der Waals surface area contributed by atoms with Crippen LogP contribution in [0.4, 0.5) is 16.2 Å². The van der Waals surface area contributed by atoms with E-state index >= 15 is 0 Å². The van der Waals surface area contributed by atoms with E-state index in [-0.39, 0.29) is 10.4 Å². The van der Waals surface area contributed by atoms with Gasteiger partial charge in [0, 0.05) is 6.07 Å². The van der Waals surface area contributed by atoms with E-state index in [0.29, 0.717) is 0 Å². The van der Waals surface area contributed by atoms with Crippen LogP contribution in [0.1, 0.15) is 0 Å².